The van der Waals surface area contributed by atoms with Gasteiger partial charge in [-0.05, 0) is 43.7 Å². The molecule has 0 unspecified atom stereocenters. The maximum Gasteiger partial charge on any atom is 0.150 e. The second-order valence-electron chi connectivity index (χ2n) is 6.05. The van der Waals surface area contributed by atoms with E-state index in [1.54, 1.807) is 7.11 Å². The van der Waals surface area contributed by atoms with Crippen LogP contribution in [0.2, 0.25) is 0 Å². The zero-order valence-electron chi connectivity index (χ0n) is 13.8. The minimum absolute atomic E-state index is 0.116. The molecule has 0 saturated carbocycles. The normalized spacial score (nSPS) is 15.4. The Labute approximate surface area is 149 Å². The summed E-state index contributed by atoms with van der Waals surface area (Å²) in [4.78, 5) is 0. The Morgan fingerprint density at radius 3 is 2.79 bits per heavy atom. The Hall–Kier alpha value is -2.27. The van der Waals surface area contributed by atoms with Gasteiger partial charge in [-0.2, -0.15) is 5.10 Å². The van der Waals surface area contributed by atoms with Gasteiger partial charge >= 0.3 is 0 Å². The van der Waals surface area contributed by atoms with Crippen molar-refractivity contribution in [2.45, 2.75) is 20.0 Å². The van der Waals surface area contributed by atoms with Crippen LogP contribution in [0.15, 0.2) is 46.9 Å². The van der Waals surface area contributed by atoms with Gasteiger partial charge in [0, 0.05) is 21.3 Å². The van der Waals surface area contributed by atoms with Crippen LogP contribution in [-0.2, 0) is 0 Å². The highest BCUT2D eigenvalue weighted by Gasteiger charge is 2.29. The number of hydrogen-bond acceptors (Lipinski definition) is 3. The highest BCUT2D eigenvalue weighted by Crippen LogP contribution is 2.42. The number of rotatable bonds is 2. The lowest BCUT2D eigenvalue weighted by molar-refractivity contribution is 0.401. The molecule has 4 rings (SSSR count). The molecular formula is C19H18BrN3O. The van der Waals surface area contributed by atoms with Crippen LogP contribution >= 0.6 is 15.9 Å². The van der Waals surface area contributed by atoms with Crippen molar-refractivity contribution in [1.29, 1.82) is 0 Å². The van der Waals surface area contributed by atoms with E-state index in [1.807, 2.05) is 23.7 Å². The van der Waals surface area contributed by atoms with Gasteiger partial charge in [0.05, 0.1) is 18.5 Å². The average molecular weight is 384 g/mol. The number of benzene rings is 2. The molecule has 4 nitrogen and oxygen atoms in total. The quantitative estimate of drug-likeness (QED) is 0.682. The topological polar surface area (TPSA) is 39.1 Å². The fraction of sp³-hybridized carbons (Fsp3) is 0.211. The number of halogens is 1. The first-order valence-electron chi connectivity index (χ1n) is 7.84. The van der Waals surface area contributed by atoms with Gasteiger partial charge in [-0.15, -0.1) is 0 Å². The molecule has 1 aliphatic heterocycles. The highest BCUT2D eigenvalue weighted by atomic mass is 79.9. The summed E-state index contributed by atoms with van der Waals surface area (Å²) in [5, 5.41) is 8.38. The molecule has 2 heterocycles. The third-order valence-electron chi connectivity index (χ3n) is 4.42. The predicted octanol–water partition coefficient (Wildman–Crippen LogP) is 4.91. The Morgan fingerprint density at radius 1 is 1.17 bits per heavy atom. The summed E-state index contributed by atoms with van der Waals surface area (Å²) < 4.78 is 8.65. The number of aryl methyl sites for hydroxylation is 2. The van der Waals surface area contributed by atoms with Crippen molar-refractivity contribution in [2.24, 2.45) is 0 Å². The van der Waals surface area contributed by atoms with E-state index in [0.717, 1.165) is 32.9 Å². The fourth-order valence-electron chi connectivity index (χ4n) is 3.31. The highest BCUT2D eigenvalue weighted by molar-refractivity contribution is 9.10. The third kappa shape index (κ3) is 2.31. The largest absolute Gasteiger partial charge is 0.496 e. The number of nitrogens with one attached hydrogen (secondary N) is 1. The van der Waals surface area contributed by atoms with Crippen LogP contribution in [0.4, 0.5) is 5.69 Å². The number of aromatic nitrogens is 2. The maximum absolute atomic E-state index is 5.59. The van der Waals surface area contributed by atoms with Crippen LogP contribution in [0.25, 0.3) is 11.3 Å². The zero-order valence-corrected chi connectivity index (χ0v) is 15.4. The van der Waals surface area contributed by atoms with E-state index in [-0.39, 0.29) is 6.17 Å². The van der Waals surface area contributed by atoms with Crippen molar-refractivity contribution in [1.82, 2.24) is 9.78 Å². The second kappa shape index (κ2) is 5.67. The number of fused-ring (bicyclic) bond motifs is 3. The van der Waals surface area contributed by atoms with E-state index in [9.17, 15) is 0 Å². The van der Waals surface area contributed by atoms with Gasteiger partial charge in [-0.25, -0.2) is 4.68 Å². The van der Waals surface area contributed by atoms with E-state index in [1.165, 1.54) is 11.1 Å². The van der Waals surface area contributed by atoms with Gasteiger partial charge in [0.15, 0.2) is 6.17 Å². The first kappa shape index (κ1) is 15.3. The molecule has 0 bridgehead atoms. The van der Waals surface area contributed by atoms with Crippen molar-refractivity contribution < 1.29 is 4.74 Å². The molecule has 0 saturated heterocycles. The third-order valence-corrected chi connectivity index (χ3v) is 4.91. The second-order valence-corrected chi connectivity index (χ2v) is 6.96. The molecule has 1 atom stereocenters. The summed E-state index contributed by atoms with van der Waals surface area (Å²) in [6, 6.07) is 14.5. The van der Waals surface area contributed by atoms with Crippen molar-refractivity contribution >= 4 is 21.6 Å². The van der Waals surface area contributed by atoms with Crippen LogP contribution in [0, 0.1) is 13.8 Å². The summed E-state index contributed by atoms with van der Waals surface area (Å²) in [6.45, 7) is 4.15. The monoisotopic (exact) mass is 383 g/mol. The minimum atomic E-state index is -0.116. The maximum atomic E-state index is 5.59. The summed E-state index contributed by atoms with van der Waals surface area (Å²) in [5.74, 6) is 0.840. The average Bonchev–Trinajstić information content (AvgIpc) is 2.96. The van der Waals surface area contributed by atoms with Gasteiger partial charge in [-0.3, -0.25) is 0 Å². The summed E-state index contributed by atoms with van der Waals surface area (Å²) in [7, 11) is 1.70. The molecule has 0 aliphatic carbocycles. The summed E-state index contributed by atoms with van der Waals surface area (Å²) in [5.41, 5.74) is 6.72. The van der Waals surface area contributed by atoms with Gasteiger partial charge in [-0.1, -0.05) is 34.1 Å². The van der Waals surface area contributed by atoms with Crippen LogP contribution in [0.5, 0.6) is 5.75 Å². The Morgan fingerprint density at radius 2 is 2.00 bits per heavy atom. The van der Waals surface area contributed by atoms with Crippen molar-refractivity contribution in [3.05, 3.63) is 63.8 Å². The van der Waals surface area contributed by atoms with Crippen molar-refractivity contribution in [3.63, 3.8) is 0 Å². The molecule has 0 spiro atoms. The molecule has 1 aliphatic rings. The molecule has 5 heteroatoms. The molecule has 3 aromatic rings. The van der Waals surface area contributed by atoms with E-state index in [4.69, 9.17) is 9.84 Å². The first-order valence-corrected chi connectivity index (χ1v) is 8.64. The van der Waals surface area contributed by atoms with Gasteiger partial charge in [0.1, 0.15) is 5.75 Å². The van der Waals surface area contributed by atoms with Crippen LogP contribution < -0.4 is 10.1 Å². The Balaban J connectivity index is 1.96. The minimum Gasteiger partial charge on any atom is -0.496 e. The molecule has 1 aromatic heterocycles. The zero-order chi connectivity index (χ0) is 16.8. The molecule has 0 radical (unpaired) electrons. The van der Waals surface area contributed by atoms with Gasteiger partial charge in [0.2, 0.25) is 0 Å². The lowest BCUT2D eigenvalue weighted by atomic mass is 10.0. The van der Waals surface area contributed by atoms with Crippen LogP contribution in [0.1, 0.15) is 23.0 Å². The number of ether oxygens (including phenoxy) is 1. The van der Waals surface area contributed by atoms with Crippen molar-refractivity contribution in [2.75, 3.05) is 12.4 Å². The van der Waals surface area contributed by atoms with E-state index in [0.29, 0.717) is 0 Å². The number of hydrogen-bond donors (Lipinski definition) is 1. The summed E-state index contributed by atoms with van der Waals surface area (Å²) >= 11 is 3.57. The number of para-hydroxylation sites is 1. The smallest absolute Gasteiger partial charge is 0.150 e. The molecule has 1 N–H and O–H groups in total. The van der Waals surface area contributed by atoms with E-state index in [2.05, 4.69) is 58.5 Å². The fourth-order valence-corrected chi connectivity index (χ4v) is 3.69. The molecule has 122 valence electrons. The van der Waals surface area contributed by atoms with Crippen LogP contribution in [-0.4, -0.2) is 16.9 Å². The first-order chi connectivity index (χ1) is 11.6. The summed E-state index contributed by atoms with van der Waals surface area (Å²) in [6.07, 6.45) is -0.116. The molecule has 0 amide bonds. The van der Waals surface area contributed by atoms with Gasteiger partial charge < -0.3 is 10.1 Å². The SMILES string of the molecule is COc1ccc(Br)cc1[C@@H]1Nc2c(C)cccc2-c2cc(C)nn21. The predicted molar refractivity (Wildman–Crippen MR) is 99.6 cm³/mol. The number of methoxy groups -OCH3 is 1. The lowest BCUT2D eigenvalue weighted by Crippen LogP contribution is -2.26. The molecule has 24 heavy (non-hydrogen) atoms. The van der Waals surface area contributed by atoms with Crippen LogP contribution in [0.3, 0.4) is 0 Å². The van der Waals surface area contributed by atoms with E-state index < -0.39 is 0 Å². The molecule has 2 aromatic carbocycles. The number of nitrogens with zero attached hydrogens (tertiary/aromatic N) is 2. The number of anilines is 1. The van der Waals surface area contributed by atoms with Crippen molar-refractivity contribution in [3.8, 4) is 17.0 Å². The lowest BCUT2D eigenvalue weighted by Gasteiger charge is -2.31. The Kier molecular flexibility index (Phi) is 3.61. The molecular weight excluding hydrogens is 366 g/mol. The Bertz CT molecular complexity index is 932. The van der Waals surface area contributed by atoms with Gasteiger partial charge in [0.25, 0.3) is 0 Å². The molecule has 0 fully saturated rings. The van der Waals surface area contributed by atoms with E-state index >= 15 is 0 Å². The standard InChI is InChI=1S/C19H18BrN3O/c1-11-5-4-6-14-16-9-12(2)22-23(16)19(21-18(11)14)15-10-13(20)7-8-17(15)24-3/h4-10,19,21H,1-3H3/t19-/m1/s1.